The van der Waals surface area contributed by atoms with Crippen LogP contribution in [0.25, 0.3) is 10.8 Å². The molecule has 3 heteroatoms. The molecule has 0 aromatic heterocycles. The van der Waals surface area contributed by atoms with Crippen molar-refractivity contribution in [1.82, 2.24) is 4.90 Å². The van der Waals surface area contributed by atoms with E-state index in [1.807, 2.05) is 0 Å². The number of rotatable bonds is 5. The van der Waals surface area contributed by atoms with Gasteiger partial charge in [0.25, 0.3) is 0 Å². The van der Waals surface area contributed by atoms with E-state index >= 15 is 0 Å². The highest BCUT2D eigenvalue weighted by Gasteiger charge is 2.46. The normalized spacial score (nSPS) is 19.7. The van der Waals surface area contributed by atoms with Gasteiger partial charge in [-0.2, -0.15) is 0 Å². The smallest absolute Gasteiger partial charge is 0.174 e. The third-order valence-corrected chi connectivity index (χ3v) is 6.63. The molecule has 0 radical (unpaired) electrons. The molecule has 27 heavy (non-hydrogen) atoms. The maximum atomic E-state index is 13.5. The predicted octanol–water partition coefficient (Wildman–Crippen LogP) is 5.02. The molecule has 1 aliphatic heterocycles. The summed E-state index contributed by atoms with van der Waals surface area (Å²) >= 11 is 0. The quantitative estimate of drug-likeness (QED) is 0.744. The summed E-state index contributed by atoms with van der Waals surface area (Å²) in [6.07, 6.45) is 5.19. The van der Waals surface area contributed by atoms with E-state index in [1.54, 1.807) is 0 Å². The van der Waals surface area contributed by atoms with Gasteiger partial charge < -0.3 is 9.80 Å². The molecule has 0 atom stereocenters. The maximum Gasteiger partial charge on any atom is 0.174 e. The van der Waals surface area contributed by atoms with Crippen LogP contribution >= 0.6 is 0 Å². The van der Waals surface area contributed by atoms with E-state index in [9.17, 15) is 4.79 Å². The summed E-state index contributed by atoms with van der Waals surface area (Å²) in [4.78, 5) is 18.5. The number of anilines is 1. The number of benzene rings is 2. The molecule has 144 valence electrons. The van der Waals surface area contributed by atoms with E-state index in [4.69, 9.17) is 0 Å². The molecule has 1 heterocycles. The minimum Gasteiger partial charge on any atom is -0.370 e. The number of Topliss-reactive ketones (excluding diaryl/α,β-unsaturated/α-hetero) is 1. The fourth-order valence-corrected chi connectivity index (χ4v) is 5.40. The van der Waals surface area contributed by atoms with E-state index < -0.39 is 0 Å². The Morgan fingerprint density at radius 1 is 0.963 bits per heavy atom. The van der Waals surface area contributed by atoms with Crippen molar-refractivity contribution in [2.45, 2.75) is 51.4 Å². The van der Waals surface area contributed by atoms with Crippen LogP contribution in [-0.4, -0.2) is 43.9 Å². The summed E-state index contributed by atoms with van der Waals surface area (Å²) in [6.45, 7) is 8.80. The van der Waals surface area contributed by atoms with Crippen LogP contribution in [0.3, 0.4) is 0 Å². The van der Waals surface area contributed by atoms with Crippen molar-refractivity contribution in [2.75, 3.05) is 38.1 Å². The number of hydrogen-bond acceptors (Lipinski definition) is 3. The molecule has 0 unspecified atom stereocenters. The molecule has 3 nitrogen and oxygen atoms in total. The molecule has 4 rings (SSSR count). The molecule has 0 spiro atoms. The third kappa shape index (κ3) is 2.87. The van der Waals surface area contributed by atoms with Crippen LogP contribution < -0.4 is 4.90 Å². The first-order valence-electron chi connectivity index (χ1n) is 10.7. The van der Waals surface area contributed by atoms with Crippen molar-refractivity contribution >= 4 is 22.2 Å². The van der Waals surface area contributed by atoms with Gasteiger partial charge in [0, 0.05) is 36.3 Å². The van der Waals surface area contributed by atoms with Crippen LogP contribution in [0.15, 0.2) is 30.3 Å². The highest BCUT2D eigenvalue weighted by molar-refractivity contribution is 6.22. The van der Waals surface area contributed by atoms with Crippen LogP contribution in [0.2, 0.25) is 0 Å². The Balaban J connectivity index is 1.86. The highest BCUT2D eigenvalue weighted by Crippen LogP contribution is 2.49. The van der Waals surface area contributed by atoms with Gasteiger partial charge in [-0.25, -0.2) is 0 Å². The highest BCUT2D eigenvalue weighted by atomic mass is 16.1. The first kappa shape index (κ1) is 18.5. The minimum absolute atomic E-state index is 0.303. The fourth-order valence-electron chi connectivity index (χ4n) is 5.40. The summed E-state index contributed by atoms with van der Waals surface area (Å²) in [6, 6.07) is 11.0. The lowest BCUT2D eigenvalue weighted by molar-refractivity contribution is 0.0874. The van der Waals surface area contributed by atoms with Gasteiger partial charge in [0.1, 0.15) is 0 Å². The van der Waals surface area contributed by atoms with Gasteiger partial charge in [-0.15, -0.1) is 0 Å². The second kappa shape index (κ2) is 7.27. The van der Waals surface area contributed by atoms with Gasteiger partial charge in [-0.05, 0) is 55.9 Å². The molecular formula is C24H32N2O. The first-order chi connectivity index (χ1) is 13.1. The first-order valence-corrected chi connectivity index (χ1v) is 10.7. The van der Waals surface area contributed by atoms with Gasteiger partial charge in [0.15, 0.2) is 5.78 Å². The van der Waals surface area contributed by atoms with Crippen molar-refractivity contribution < 1.29 is 4.79 Å². The molecule has 0 saturated carbocycles. The number of ketones is 1. The zero-order valence-corrected chi connectivity index (χ0v) is 17.1. The van der Waals surface area contributed by atoms with Crippen molar-refractivity contribution in [2.24, 2.45) is 0 Å². The summed E-state index contributed by atoms with van der Waals surface area (Å²) in [5.41, 5.74) is 3.25. The Morgan fingerprint density at radius 2 is 1.74 bits per heavy atom. The third-order valence-electron chi connectivity index (χ3n) is 6.63. The Morgan fingerprint density at radius 3 is 2.48 bits per heavy atom. The van der Waals surface area contributed by atoms with Crippen LogP contribution in [0.4, 0.5) is 5.69 Å². The zero-order chi connectivity index (χ0) is 19.0. The lowest BCUT2D eigenvalue weighted by Crippen LogP contribution is -2.31. The van der Waals surface area contributed by atoms with E-state index in [1.165, 1.54) is 28.4 Å². The Bertz CT molecular complexity index is 851. The predicted molar refractivity (Wildman–Crippen MR) is 114 cm³/mol. The SMILES string of the molecule is CCCC1(CCC)C(=O)c2ccc(N3CCCN(C)CC3)c3cccc1c23. The van der Waals surface area contributed by atoms with Gasteiger partial charge in [0.2, 0.25) is 0 Å². The number of nitrogens with zero attached hydrogens (tertiary/aromatic N) is 2. The average molecular weight is 365 g/mol. The molecule has 1 aliphatic carbocycles. The molecule has 0 N–H and O–H groups in total. The van der Waals surface area contributed by atoms with Crippen LogP contribution in [0, 0.1) is 0 Å². The monoisotopic (exact) mass is 364 g/mol. The van der Waals surface area contributed by atoms with Gasteiger partial charge in [-0.3, -0.25) is 4.79 Å². The van der Waals surface area contributed by atoms with Crippen LogP contribution in [-0.2, 0) is 5.41 Å². The second-order valence-electron chi connectivity index (χ2n) is 8.42. The topological polar surface area (TPSA) is 23.6 Å². The van der Waals surface area contributed by atoms with E-state index in [-0.39, 0.29) is 5.41 Å². The van der Waals surface area contributed by atoms with Crippen LogP contribution in [0.5, 0.6) is 0 Å². The molecule has 1 saturated heterocycles. The maximum absolute atomic E-state index is 13.5. The van der Waals surface area contributed by atoms with Crippen LogP contribution in [0.1, 0.15) is 61.9 Å². The van der Waals surface area contributed by atoms with E-state index in [0.29, 0.717) is 5.78 Å². The van der Waals surface area contributed by atoms with Gasteiger partial charge in [-0.1, -0.05) is 44.9 Å². The summed E-state index contributed by atoms with van der Waals surface area (Å²) in [5, 5.41) is 2.51. The van der Waals surface area contributed by atoms with E-state index in [2.05, 4.69) is 61.0 Å². The average Bonchev–Trinajstić information content (AvgIpc) is 2.80. The van der Waals surface area contributed by atoms with E-state index in [0.717, 1.165) is 57.4 Å². The second-order valence-corrected chi connectivity index (χ2v) is 8.42. The summed E-state index contributed by atoms with van der Waals surface area (Å²) < 4.78 is 0. The molecule has 0 bridgehead atoms. The zero-order valence-electron chi connectivity index (χ0n) is 17.1. The number of carbonyl (C=O) groups excluding carboxylic acids is 1. The summed E-state index contributed by atoms with van der Waals surface area (Å²) in [7, 11) is 2.21. The Kier molecular flexibility index (Phi) is 4.98. The molecule has 0 amide bonds. The van der Waals surface area contributed by atoms with Gasteiger partial charge in [0.05, 0.1) is 5.41 Å². The largest absolute Gasteiger partial charge is 0.370 e. The molecule has 2 aliphatic rings. The number of hydrogen-bond donors (Lipinski definition) is 0. The minimum atomic E-state index is -0.303. The number of likely N-dealkylation sites (N-methyl/N-ethyl adjacent to an activating group) is 1. The molecule has 2 aromatic carbocycles. The van der Waals surface area contributed by atoms with Crippen molar-refractivity contribution in [3.05, 3.63) is 41.5 Å². The summed E-state index contributed by atoms with van der Waals surface area (Å²) in [5.74, 6) is 0.361. The lowest BCUT2D eigenvalue weighted by atomic mass is 9.73. The van der Waals surface area contributed by atoms with Gasteiger partial charge >= 0.3 is 0 Å². The molecular weight excluding hydrogens is 332 g/mol. The Labute approximate surface area is 163 Å². The fraction of sp³-hybridized carbons (Fsp3) is 0.542. The van der Waals surface area contributed by atoms with Crippen molar-refractivity contribution in [3.63, 3.8) is 0 Å². The number of carbonyl (C=O) groups is 1. The van der Waals surface area contributed by atoms with Crippen molar-refractivity contribution in [3.8, 4) is 0 Å². The standard InChI is InChI=1S/C24H32N2O/c1-4-12-24(13-5-2)20-9-6-8-18-21(11-10-19(22(18)20)23(24)27)26-15-7-14-25(3)16-17-26/h6,8-11H,4-5,7,12-17H2,1-3H3. The Hall–Kier alpha value is -1.87. The molecule has 2 aromatic rings. The molecule has 1 fully saturated rings. The van der Waals surface area contributed by atoms with Crippen molar-refractivity contribution in [1.29, 1.82) is 0 Å². The lowest BCUT2D eigenvalue weighted by Gasteiger charge is -2.28.